The van der Waals surface area contributed by atoms with E-state index in [0.717, 1.165) is 6.07 Å². The molecule has 0 aliphatic carbocycles. The second-order valence-corrected chi connectivity index (χ2v) is 3.55. The van der Waals surface area contributed by atoms with Crippen LogP contribution in [0.15, 0.2) is 24.3 Å². The van der Waals surface area contributed by atoms with Gasteiger partial charge in [-0.1, -0.05) is 17.9 Å². The number of rotatable bonds is 3. The van der Waals surface area contributed by atoms with Crippen LogP contribution in [-0.2, 0) is 11.0 Å². The molecule has 20 heavy (non-hydrogen) atoms. The van der Waals surface area contributed by atoms with E-state index >= 15 is 0 Å². The van der Waals surface area contributed by atoms with Gasteiger partial charge in [-0.3, -0.25) is 4.79 Å². The molecule has 0 N–H and O–H groups in total. The van der Waals surface area contributed by atoms with E-state index in [1.54, 1.807) is 0 Å². The monoisotopic (exact) mass is 290 g/mol. The van der Waals surface area contributed by atoms with Crippen LogP contribution in [0.25, 0.3) is 10.6 Å². The van der Waals surface area contributed by atoms with Crippen LogP contribution in [-0.4, -0.2) is 12.2 Å². The van der Waals surface area contributed by atoms with Crippen LogP contribution in [0.1, 0.15) is 11.1 Å². The number of allylic oxidation sites excluding steroid dienone is 1. The van der Waals surface area contributed by atoms with Gasteiger partial charge in [0.1, 0.15) is 0 Å². The van der Waals surface area contributed by atoms with Crippen LogP contribution in [0.4, 0.5) is 27.6 Å². The lowest BCUT2D eigenvalue weighted by molar-refractivity contribution is -0.244. The normalized spacial score (nSPS) is 12.3. The number of ketones is 1. The number of nitrogens with zero attached hydrogens (tertiary/aromatic N) is 1. The molecule has 0 bridgehead atoms. The van der Waals surface area contributed by atoms with Crippen molar-refractivity contribution in [2.45, 2.75) is 12.6 Å². The Bertz CT molecular complexity index is 599. The maximum absolute atomic E-state index is 12.7. The quantitative estimate of drug-likeness (QED) is 0.372. The smallest absolute Gasteiger partial charge is 0.415 e. The molecule has 8 heteroatoms. The van der Waals surface area contributed by atoms with Crippen molar-refractivity contribution in [3.05, 3.63) is 46.8 Å². The molecule has 0 saturated heterocycles. The highest BCUT2D eigenvalue weighted by Gasteiger charge is 2.33. The van der Waals surface area contributed by atoms with Crippen LogP contribution in [0.2, 0.25) is 0 Å². The summed E-state index contributed by atoms with van der Waals surface area (Å²) in [6.07, 6.45) is -8.52. The van der Waals surface area contributed by atoms with Crippen LogP contribution in [0, 0.1) is 6.57 Å². The van der Waals surface area contributed by atoms with E-state index in [4.69, 9.17) is 6.57 Å². The van der Waals surface area contributed by atoms with E-state index in [0.29, 0.717) is 12.1 Å². The summed E-state index contributed by atoms with van der Waals surface area (Å²) < 4.78 is 62.1. The molecule has 3 nitrogen and oxygen atoms in total. The molecule has 106 valence electrons. The third-order valence-electron chi connectivity index (χ3n) is 2.19. The Morgan fingerprint density at radius 1 is 1.35 bits per heavy atom. The third kappa shape index (κ3) is 3.54. The molecule has 1 aromatic rings. The van der Waals surface area contributed by atoms with Crippen molar-refractivity contribution >= 4 is 17.2 Å². The summed E-state index contributed by atoms with van der Waals surface area (Å²) in [4.78, 5) is 13.4. The molecule has 0 atom stereocenters. The molecule has 0 amide bonds. The first kappa shape index (κ1) is 15.6. The molecule has 0 aliphatic rings. The lowest BCUT2D eigenvalue weighted by Gasteiger charge is -2.19. The predicted molar refractivity (Wildman–Crippen MR) is 56.7 cm³/mol. The summed E-state index contributed by atoms with van der Waals surface area (Å²) >= 11 is 0. The van der Waals surface area contributed by atoms with Gasteiger partial charge in [0.2, 0.25) is 5.78 Å². The summed E-state index contributed by atoms with van der Waals surface area (Å²) in [7, 11) is 0. The molecule has 1 rings (SSSR count). The van der Waals surface area contributed by atoms with Crippen molar-refractivity contribution < 1.29 is 31.9 Å². The van der Waals surface area contributed by atoms with Gasteiger partial charge in [0.25, 0.3) is 6.43 Å². The maximum atomic E-state index is 12.7. The zero-order chi connectivity index (χ0) is 15.5. The van der Waals surface area contributed by atoms with Crippen molar-refractivity contribution in [3.63, 3.8) is 0 Å². The molecule has 0 aromatic heterocycles. The van der Waals surface area contributed by atoms with Crippen molar-refractivity contribution in [1.29, 1.82) is 0 Å². The van der Waals surface area contributed by atoms with Crippen LogP contribution in [0.5, 0.6) is 0 Å². The van der Waals surface area contributed by atoms with Crippen molar-refractivity contribution in [2.24, 2.45) is 0 Å². The second kappa shape index (κ2) is 5.69. The molecular formula is C12H5F5NO2-. The average Bonchev–Trinajstić information content (AvgIpc) is 2.36. The van der Waals surface area contributed by atoms with Gasteiger partial charge in [-0.15, -0.1) is 0 Å². The third-order valence-corrected chi connectivity index (χ3v) is 2.19. The number of hydrogen-bond donors (Lipinski definition) is 0. The van der Waals surface area contributed by atoms with Gasteiger partial charge >= 0.3 is 6.18 Å². The minimum absolute atomic E-state index is 0.0905. The Hall–Kier alpha value is -2.43. The Morgan fingerprint density at radius 2 is 1.95 bits per heavy atom. The predicted octanol–water partition coefficient (Wildman–Crippen LogP) is 2.79. The molecule has 0 radical (unpaired) electrons. The Kier molecular flexibility index (Phi) is 4.45. The van der Waals surface area contributed by atoms with E-state index < -0.39 is 35.3 Å². The van der Waals surface area contributed by atoms with Gasteiger partial charge < -0.3 is 5.11 Å². The summed E-state index contributed by atoms with van der Waals surface area (Å²) in [5.41, 5.74) is -2.78. The molecule has 0 fully saturated rings. The Labute approximate surface area is 109 Å². The number of alkyl halides is 5. The number of carbonyl (C=O) groups excluding carboxylic acids is 1. The SMILES string of the molecule is [C-]#[N+]c1ccc(/C([O-])=C/C(=O)C(F)F)c(C(F)(F)F)c1. The number of carbonyl (C=O) groups is 1. The minimum atomic E-state index is -4.95. The van der Waals surface area contributed by atoms with Gasteiger partial charge in [-0.05, 0) is 17.7 Å². The molecule has 0 heterocycles. The van der Waals surface area contributed by atoms with E-state index in [2.05, 4.69) is 4.85 Å². The summed E-state index contributed by atoms with van der Waals surface area (Å²) in [6, 6.07) is 2.02. The fourth-order valence-corrected chi connectivity index (χ4v) is 1.32. The standard InChI is InChI=1S/C12H6F5NO2/c1-18-6-2-3-7(8(4-6)12(15,16)17)9(19)5-10(20)11(13)14/h2-5,11,19H/p-1/b9-5-. The van der Waals surface area contributed by atoms with Gasteiger partial charge in [0.05, 0.1) is 12.1 Å². The lowest BCUT2D eigenvalue weighted by Crippen LogP contribution is -2.16. The Balaban J connectivity index is 3.39. The molecular weight excluding hydrogens is 285 g/mol. The zero-order valence-electron chi connectivity index (χ0n) is 9.54. The van der Waals surface area contributed by atoms with E-state index in [9.17, 15) is 31.9 Å². The fourth-order valence-electron chi connectivity index (χ4n) is 1.32. The number of benzene rings is 1. The fraction of sp³-hybridized carbons (Fsp3) is 0.167. The van der Waals surface area contributed by atoms with E-state index in [-0.39, 0.29) is 11.8 Å². The molecule has 0 unspecified atom stereocenters. The number of halogens is 5. The molecule has 0 aliphatic heterocycles. The zero-order valence-corrected chi connectivity index (χ0v) is 9.54. The molecule has 0 saturated carbocycles. The van der Waals surface area contributed by atoms with Crippen molar-refractivity contribution in [1.82, 2.24) is 0 Å². The van der Waals surface area contributed by atoms with Gasteiger partial charge in [-0.25, -0.2) is 13.6 Å². The lowest BCUT2D eigenvalue weighted by atomic mass is 10.0. The van der Waals surface area contributed by atoms with Crippen LogP contribution in [0.3, 0.4) is 0 Å². The average molecular weight is 290 g/mol. The van der Waals surface area contributed by atoms with Crippen LogP contribution >= 0.6 is 0 Å². The van der Waals surface area contributed by atoms with Crippen molar-refractivity contribution in [3.8, 4) is 0 Å². The van der Waals surface area contributed by atoms with Crippen LogP contribution < -0.4 is 5.11 Å². The first-order valence-corrected chi connectivity index (χ1v) is 4.96. The molecule has 1 aromatic carbocycles. The van der Waals surface area contributed by atoms with Gasteiger partial charge in [0.15, 0.2) is 5.69 Å². The highest BCUT2D eigenvalue weighted by molar-refractivity contribution is 5.97. The van der Waals surface area contributed by atoms with Gasteiger partial charge in [-0.2, -0.15) is 13.2 Å². The van der Waals surface area contributed by atoms with Crippen molar-refractivity contribution in [2.75, 3.05) is 0 Å². The molecule has 0 spiro atoms. The first-order chi connectivity index (χ1) is 9.16. The summed E-state index contributed by atoms with van der Waals surface area (Å²) in [6.45, 7) is 6.60. The second-order valence-electron chi connectivity index (χ2n) is 3.55. The summed E-state index contributed by atoms with van der Waals surface area (Å²) in [5, 5.41) is 11.4. The Morgan fingerprint density at radius 3 is 2.40 bits per heavy atom. The van der Waals surface area contributed by atoms with E-state index in [1.807, 2.05) is 0 Å². The summed E-state index contributed by atoms with van der Waals surface area (Å²) in [5.74, 6) is -3.36. The largest absolute Gasteiger partial charge is 0.872 e. The first-order valence-electron chi connectivity index (χ1n) is 4.96. The minimum Gasteiger partial charge on any atom is -0.872 e. The van der Waals surface area contributed by atoms with E-state index in [1.165, 1.54) is 0 Å². The number of hydrogen-bond acceptors (Lipinski definition) is 2. The highest BCUT2D eigenvalue weighted by Crippen LogP contribution is 2.36. The highest BCUT2D eigenvalue weighted by atomic mass is 19.4. The van der Waals surface area contributed by atoms with Gasteiger partial charge in [0, 0.05) is 0 Å². The maximum Gasteiger partial charge on any atom is 0.415 e. The topological polar surface area (TPSA) is 44.5 Å².